The number of nitrogens with one attached hydrogen (secondary N) is 1. The molecule has 0 unspecified atom stereocenters. The summed E-state index contributed by atoms with van der Waals surface area (Å²) >= 11 is 1.40. The Morgan fingerprint density at radius 2 is 2.24 bits per heavy atom. The lowest BCUT2D eigenvalue weighted by Gasteiger charge is -2.23. The number of rotatable bonds is 8. The number of aromatic nitrogens is 2. The smallest absolute Gasteiger partial charge is 0.134 e. The van der Waals surface area contributed by atoms with Gasteiger partial charge in [-0.1, -0.05) is 18.3 Å². The second-order valence-corrected chi connectivity index (χ2v) is 5.17. The van der Waals surface area contributed by atoms with E-state index in [1.807, 2.05) is 7.05 Å². The Bertz CT molecular complexity index is 316. The molecule has 0 amide bonds. The molecule has 98 valence electrons. The van der Waals surface area contributed by atoms with Crippen LogP contribution < -0.4 is 5.32 Å². The number of anilines is 1. The van der Waals surface area contributed by atoms with Crippen LogP contribution in [-0.2, 0) is 11.3 Å². The highest BCUT2D eigenvalue weighted by Gasteiger charge is 2.13. The van der Waals surface area contributed by atoms with Crippen LogP contribution in [0.4, 0.5) is 5.00 Å². The molecule has 1 N–H and O–H groups in total. The van der Waals surface area contributed by atoms with Crippen molar-refractivity contribution in [2.75, 3.05) is 39.2 Å². The Hall–Kier alpha value is -0.720. The Balaban J connectivity index is 2.58. The number of hydrogen-bond donors (Lipinski definition) is 1. The fourth-order valence-corrected chi connectivity index (χ4v) is 2.21. The van der Waals surface area contributed by atoms with E-state index in [4.69, 9.17) is 4.74 Å². The molecule has 0 saturated heterocycles. The quantitative estimate of drug-likeness (QED) is 0.769. The van der Waals surface area contributed by atoms with E-state index in [0.29, 0.717) is 5.92 Å². The molecule has 0 saturated carbocycles. The Kier molecular flexibility index (Phi) is 6.39. The van der Waals surface area contributed by atoms with E-state index in [1.165, 1.54) is 11.5 Å². The van der Waals surface area contributed by atoms with Gasteiger partial charge >= 0.3 is 0 Å². The summed E-state index contributed by atoms with van der Waals surface area (Å²) in [6.07, 6.45) is 0. The third-order valence-electron chi connectivity index (χ3n) is 2.39. The average molecular weight is 258 g/mol. The third-order valence-corrected chi connectivity index (χ3v) is 3.18. The summed E-state index contributed by atoms with van der Waals surface area (Å²) in [5, 5.41) is 8.34. The van der Waals surface area contributed by atoms with E-state index in [-0.39, 0.29) is 0 Å². The minimum Gasteiger partial charge on any atom is -0.383 e. The predicted molar refractivity (Wildman–Crippen MR) is 71.4 cm³/mol. The number of ether oxygens (including phenoxy) is 1. The topological polar surface area (TPSA) is 50.3 Å². The van der Waals surface area contributed by atoms with Crippen molar-refractivity contribution in [2.24, 2.45) is 5.92 Å². The molecule has 0 aromatic carbocycles. The van der Waals surface area contributed by atoms with Crippen LogP contribution in [0.1, 0.15) is 19.5 Å². The first-order valence-corrected chi connectivity index (χ1v) is 6.65. The number of hydrogen-bond acceptors (Lipinski definition) is 6. The van der Waals surface area contributed by atoms with Crippen molar-refractivity contribution >= 4 is 16.5 Å². The molecule has 0 aliphatic carbocycles. The van der Waals surface area contributed by atoms with Crippen LogP contribution in [0.3, 0.4) is 0 Å². The predicted octanol–water partition coefficient (Wildman–Crippen LogP) is 1.68. The largest absolute Gasteiger partial charge is 0.383 e. The molecule has 1 aromatic rings. The molecule has 5 nitrogen and oxygen atoms in total. The maximum absolute atomic E-state index is 5.14. The summed E-state index contributed by atoms with van der Waals surface area (Å²) in [6, 6.07) is 0. The molecule has 0 atom stereocenters. The lowest BCUT2D eigenvalue weighted by molar-refractivity contribution is 0.135. The van der Waals surface area contributed by atoms with Crippen molar-refractivity contribution in [3.05, 3.63) is 5.69 Å². The Morgan fingerprint density at radius 1 is 1.47 bits per heavy atom. The summed E-state index contributed by atoms with van der Waals surface area (Å²) in [4.78, 5) is 2.35. The molecule has 0 fully saturated rings. The zero-order valence-corrected chi connectivity index (χ0v) is 11.9. The molecule has 0 bridgehead atoms. The van der Waals surface area contributed by atoms with Gasteiger partial charge in [-0.05, 0) is 5.92 Å². The zero-order chi connectivity index (χ0) is 12.7. The summed E-state index contributed by atoms with van der Waals surface area (Å²) in [7, 11) is 3.64. The standard InChI is InChI=1S/C11H22N4OS/c1-9(2)7-15(5-6-16-4)8-10-11(12-3)17-14-13-10/h9,12H,5-8H2,1-4H3. The Labute approximate surface area is 107 Å². The molecule has 0 aliphatic heterocycles. The van der Waals surface area contributed by atoms with Gasteiger partial charge in [0.25, 0.3) is 0 Å². The number of nitrogens with zero attached hydrogens (tertiary/aromatic N) is 3. The van der Waals surface area contributed by atoms with Crippen LogP contribution in [0.5, 0.6) is 0 Å². The monoisotopic (exact) mass is 258 g/mol. The van der Waals surface area contributed by atoms with Crippen LogP contribution in [0, 0.1) is 5.92 Å². The van der Waals surface area contributed by atoms with E-state index < -0.39 is 0 Å². The van der Waals surface area contributed by atoms with Crippen LogP contribution in [0.15, 0.2) is 0 Å². The van der Waals surface area contributed by atoms with Crippen molar-refractivity contribution in [1.82, 2.24) is 14.5 Å². The maximum Gasteiger partial charge on any atom is 0.134 e. The summed E-state index contributed by atoms with van der Waals surface area (Å²) in [6.45, 7) is 7.99. The van der Waals surface area contributed by atoms with Crippen LogP contribution in [-0.4, -0.2) is 48.3 Å². The highest BCUT2D eigenvalue weighted by atomic mass is 32.1. The van der Waals surface area contributed by atoms with Crippen LogP contribution >= 0.6 is 11.5 Å². The first-order valence-electron chi connectivity index (χ1n) is 5.87. The molecule has 6 heteroatoms. The van der Waals surface area contributed by atoms with E-state index in [1.54, 1.807) is 7.11 Å². The van der Waals surface area contributed by atoms with E-state index >= 15 is 0 Å². The van der Waals surface area contributed by atoms with Gasteiger partial charge in [0.2, 0.25) is 0 Å². The SMILES string of the molecule is CNc1snnc1CN(CCOC)CC(C)C. The molecule has 0 spiro atoms. The van der Waals surface area contributed by atoms with Crippen molar-refractivity contribution < 1.29 is 4.74 Å². The van der Waals surface area contributed by atoms with Gasteiger partial charge in [0.05, 0.1) is 6.61 Å². The molecule has 17 heavy (non-hydrogen) atoms. The fraction of sp³-hybridized carbons (Fsp3) is 0.818. The molecular weight excluding hydrogens is 236 g/mol. The minimum absolute atomic E-state index is 0.636. The van der Waals surface area contributed by atoms with Gasteiger partial charge in [-0.15, -0.1) is 5.10 Å². The fourth-order valence-electron chi connectivity index (χ4n) is 1.69. The van der Waals surface area contributed by atoms with Gasteiger partial charge in [0.15, 0.2) is 0 Å². The average Bonchev–Trinajstić information content (AvgIpc) is 2.72. The summed E-state index contributed by atoms with van der Waals surface area (Å²) in [5.74, 6) is 0.636. The maximum atomic E-state index is 5.14. The lowest BCUT2D eigenvalue weighted by Crippen LogP contribution is -2.31. The molecular formula is C11H22N4OS. The number of methoxy groups -OCH3 is 1. The van der Waals surface area contributed by atoms with Gasteiger partial charge in [-0.2, -0.15) is 0 Å². The van der Waals surface area contributed by atoms with Crippen molar-refractivity contribution in [2.45, 2.75) is 20.4 Å². The zero-order valence-electron chi connectivity index (χ0n) is 11.1. The first-order chi connectivity index (χ1) is 8.17. The highest BCUT2D eigenvalue weighted by molar-refractivity contribution is 7.10. The van der Waals surface area contributed by atoms with Crippen LogP contribution in [0.25, 0.3) is 0 Å². The van der Waals surface area contributed by atoms with Gasteiger partial charge in [-0.25, -0.2) is 0 Å². The van der Waals surface area contributed by atoms with Gasteiger partial charge in [-0.3, -0.25) is 4.90 Å². The summed E-state index contributed by atoms with van der Waals surface area (Å²) < 4.78 is 9.12. The highest BCUT2D eigenvalue weighted by Crippen LogP contribution is 2.18. The molecule has 0 radical (unpaired) electrons. The summed E-state index contributed by atoms with van der Waals surface area (Å²) in [5.41, 5.74) is 1.02. The van der Waals surface area contributed by atoms with Gasteiger partial charge in [0.1, 0.15) is 10.7 Å². The molecule has 1 aromatic heterocycles. The minimum atomic E-state index is 0.636. The Morgan fingerprint density at radius 3 is 2.82 bits per heavy atom. The van der Waals surface area contributed by atoms with Crippen LogP contribution in [0.2, 0.25) is 0 Å². The lowest BCUT2D eigenvalue weighted by atomic mass is 10.2. The van der Waals surface area contributed by atoms with E-state index in [9.17, 15) is 0 Å². The van der Waals surface area contributed by atoms with Crippen molar-refractivity contribution in [1.29, 1.82) is 0 Å². The third kappa shape index (κ3) is 4.97. The normalized spacial score (nSPS) is 11.4. The second-order valence-electron chi connectivity index (χ2n) is 4.42. The molecule has 1 rings (SSSR count). The second kappa shape index (κ2) is 7.58. The van der Waals surface area contributed by atoms with Gasteiger partial charge < -0.3 is 10.1 Å². The molecule has 1 heterocycles. The van der Waals surface area contributed by atoms with Crippen molar-refractivity contribution in [3.8, 4) is 0 Å². The van der Waals surface area contributed by atoms with E-state index in [2.05, 4.69) is 33.7 Å². The van der Waals surface area contributed by atoms with E-state index in [0.717, 1.165) is 36.9 Å². The first kappa shape index (κ1) is 14.3. The molecule has 0 aliphatic rings. The van der Waals surface area contributed by atoms with Crippen molar-refractivity contribution in [3.63, 3.8) is 0 Å². The van der Waals surface area contributed by atoms with Gasteiger partial charge in [0, 0.05) is 45.3 Å².